The third kappa shape index (κ3) is 2.90. The van der Waals surface area contributed by atoms with Crippen molar-refractivity contribution in [3.05, 3.63) is 69.6 Å². The van der Waals surface area contributed by atoms with Gasteiger partial charge in [-0.15, -0.1) is 0 Å². The minimum atomic E-state index is -0.186. The van der Waals surface area contributed by atoms with Crippen LogP contribution in [0.3, 0.4) is 0 Å². The normalized spacial score (nSPS) is 19.1. The van der Waals surface area contributed by atoms with Crippen LogP contribution in [0, 0.1) is 0 Å². The Morgan fingerprint density at radius 3 is 2.86 bits per heavy atom. The molecule has 0 aliphatic heterocycles. The van der Waals surface area contributed by atoms with Gasteiger partial charge in [-0.3, -0.25) is 9.36 Å². The third-order valence-electron chi connectivity index (χ3n) is 5.31. The number of hydrogen-bond donors (Lipinski definition) is 0. The summed E-state index contributed by atoms with van der Waals surface area (Å²) in [6, 6.07) is 7.97. The minimum absolute atomic E-state index is 0.185. The Kier molecular flexibility index (Phi) is 4.01. The van der Waals surface area contributed by atoms with Crippen LogP contribution in [0.25, 0.3) is 11.2 Å². The Hall–Kier alpha value is -3.00. The fourth-order valence-electron chi connectivity index (χ4n) is 3.69. The Balaban J connectivity index is 1.31. The van der Waals surface area contributed by atoms with Gasteiger partial charge < -0.3 is 9.09 Å². The van der Waals surface area contributed by atoms with Crippen LogP contribution in [0.15, 0.2) is 46.2 Å². The number of halogens is 1. The molecular formula is C19H17ClN6O2. The molecule has 3 heterocycles. The van der Waals surface area contributed by atoms with E-state index in [0.29, 0.717) is 28.8 Å². The molecule has 1 aromatic carbocycles. The van der Waals surface area contributed by atoms with Crippen molar-refractivity contribution < 1.29 is 4.52 Å². The predicted molar refractivity (Wildman–Crippen MR) is 102 cm³/mol. The maximum Gasteiger partial charge on any atom is 0.280 e. The van der Waals surface area contributed by atoms with Gasteiger partial charge in [0.25, 0.3) is 5.56 Å². The van der Waals surface area contributed by atoms with Gasteiger partial charge in [0.2, 0.25) is 5.89 Å². The third-order valence-corrected chi connectivity index (χ3v) is 5.55. The second-order valence-corrected chi connectivity index (χ2v) is 7.61. The quantitative estimate of drug-likeness (QED) is 0.526. The van der Waals surface area contributed by atoms with Crippen molar-refractivity contribution in [1.29, 1.82) is 0 Å². The van der Waals surface area contributed by atoms with Crippen LogP contribution < -0.4 is 5.56 Å². The van der Waals surface area contributed by atoms with E-state index in [9.17, 15) is 4.79 Å². The van der Waals surface area contributed by atoms with E-state index in [4.69, 9.17) is 16.1 Å². The standard InChI is InChI=1S/C19H17ClN6O2/c1-25-9-21-18-16(25)19(27)26(10-22-18)8-15-23-17(24-28-15)13-5-12(6-13)11-3-2-4-14(20)7-11/h2-4,7,9-10,12-13H,5-6,8H2,1H3. The zero-order chi connectivity index (χ0) is 19.3. The molecule has 0 saturated heterocycles. The zero-order valence-corrected chi connectivity index (χ0v) is 15.9. The number of hydrogen-bond acceptors (Lipinski definition) is 6. The smallest absolute Gasteiger partial charge is 0.280 e. The van der Waals surface area contributed by atoms with Crippen LogP contribution in [-0.2, 0) is 13.6 Å². The highest BCUT2D eigenvalue weighted by Crippen LogP contribution is 2.46. The number of benzene rings is 1. The molecule has 1 aliphatic carbocycles. The summed E-state index contributed by atoms with van der Waals surface area (Å²) >= 11 is 6.08. The summed E-state index contributed by atoms with van der Waals surface area (Å²) in [6.07, 6.45) is 4.95. The average Bonchev–Trinajstić information content (AvgIpc) is 3.24. The van der Waals surface area contributed by atoms with E-state index in [0.717, 1.165) is 17.9 Å². The lowest BCUT2D eigenvalue weighted by atomic mass is 9.71. The summed E-state index contributed by atoms with van der Waals surface area (Å²) in [7, 11) is 1.76. The summed E-state index contributed by atoms with van der Waals surface area (Å²) in [4.78, 5) is 25.4. The molecule has 3 aromatic heterocycles. The number of nitrogens with zero attached hydrogens (tertiary/aromatic N) is 6. The summed E-state index contributed by atoms with van der Waals surface area (Å²) in [5.41, 5.74) is 1.94. The first-order chi connectivity index (χ1) is 13.6. The van der Waals surface area contributed by atoms with Crippen LogP contribution >= 0.6 is 11.6 Å². The first-order valence-corrected chi connectivity index (χ1v) is 9.40. The van der Waals surface area contributed by atoms with E-state index < -0.39 is 0 Å². The number of fused-ring (bicyclic) bond motifs is 1. The molecule has 0 spiro atoms. The van der Waals surface area contributed by atoms with E-state index in [1.165, 1.54) is 16.5 Å². The Labute approximate surface area is 164 Å². The molecule has 0 radical (unpaired) electrons. The molecule has 1 saturated carbocycles. The molecule has 0 atom stereocenters. The molecule has 28 heavy (non-hydrogen) atoms. The van der Waals surface area contributed by atoms with Gasteiger partial charge >= 0.3 is 0 Å². The molecule has 1 aliphatic rings. The van der Waals surface area contributed by atoms with Crippen molar-refractivity contribution >= 4 is 22.8 Å². The largest absolute Gasteiger partial charge is 0.337 e. The fourth-order valence-corrected chi connectivity index (χ4v) is 3.89. The topological polar surface area (TPSA) is 91.6 Å². The van der Waals surface area contributed by atoms with Crippen LogP contribution in [0.2, 0.25) is 5.02 Å². The van der Waals surface area contributed by atoms with Crippen LogP contribution in [0.5, 0.6) is 0 Å². The van der Waals surface area contributed by atoms with Gasteiger partial charge in [0.05, 0.1) is 6.33 Å². The summed E-state index contributed by atoms with van der Waals surface area (Å²) < 4.78 is 8.48. The van der Waals surface area contributed by atoms with Crippen LogP contribution in [0.4, 0.5) is 0 Å². The van der Waals surface area contributed by atoms with Gasteiger partial charge in [-0.2, -0.15) is 4.98 Å². The van der Waals surface area contributed by atoms with E-state index in [1.807, 2.05) is 18.2 Å². The van der Waals surface area contributed by atoms with E-state index in [2.05, 4.69) is 26.2 Å². The Morgan fingerprint density at radius 2 is 2.04 bits per heavy atom. The Bertz CT molecular complexity index is 1220. The van der Waals surface area contributed by atoms with E-state index in [-0.39, 0.29) is 18.0 Å². The summed E-state index contributed by atoms with van der Waals surface area (Å²) in [6.45, 7) is 0.185. The monoisotopic (exact) mass is 396 g/mol. The van der Waals surface area contributed by atoms with E-state index >= 15 is 0 Å². The van der Waals surface area contributed by atoms with Crippen LogP contribution in [-0.4, -0.2) is 29.2 Å². The average molecular weight is 397 g/mol. The van der Waals surface area contributed by atoms with Gasteiger partial charge in [-0.1, -0.05) is 28.9 Å². The molecular weight excluding hydrogens is 380 g/mol. The van der Waals surface area contributed by atoms with Crippen molar-refractivity contribution in [3.8, 4) is 0 Å². The van der Waals surface area contributed by atoms with Gasteiger partial charge in [0, 0.05) is 18.0 Å². The lowest BCUT2D eigenvalue weighted by molar-refractivity contribution is 0.315. The summed E-state index contributed by atoms with van der Waals surface area (Å²) in [5, 5.41) is 4.87. The molecule has 0 amide bonds. The molecule has 5 rings (SSSR count). The van der Waals surface area contributed by atoms with Crippen molar-refractivity contribution in [2.75, 3.05) is 0 Å². The maximum atomic E-state index is 12.6. The molecule has 1 fully saturated rings. The summed E-state index contributed by atoms with van der Waals surface area (Å²) in [5.74, 6) is 1.81. The number of rotatable bonds is 4. The van der Waals surface area contributed by atoms with Gasteiger partial charge in [-0.05, 0) is 36.5 Å². The molecule has 8 nitrogen and oxygen atoms in total. The van der Waals surface area contributed by atoms with Crippen LogP contribution in [0.1, 0.15) is 42.0 Å². The highest BCUT2D eigenvalue weighted by molar-refractivity contribution is 6.30. The molecule has 0 unspecified atom stereocenters. The molecule has 0 bridgehead atoms. The lowest BCUT2D eigenvalue weighted by Crippen LogP contribution is -2.23. The highest BCUT2D eigenvalue weighted by atomic mass is 35.5. The Morgan fingerprint density at radius 1 is 1.21 bits per heavy atom. The maximum absolute atomic E-state index is 12.6. The predicted octanol–water partition coefficient (Wildman–Crippen LogP) is 2.88. The van der Waals surface area contributed by atoms with E-state index in [1.54, 1.807) is 17.9 Å². The first kappa shape index (κ1) is 17.1. The van der Waals surface area contributed by atoms with Crippen molar-refractivity contribution in [2.24, 2.45) is 7.05 Å². The zero-order valence-electron chi connectivity index (χ0n) is 15.1. The number of aromatic nitrogens is 6. The van der Waals surface area contributed by atoms with Crippen molar-refractivity contribution in [2.45, 2.75) is 31.2 Å². The molecule has 142 valence electrons. The second kappa shape index (κ2) is 6.56. The molecule has 9 heteroatoms. The van der Waals surface area contributed by atoms with Gasteiger partial charge in [0.1, 0.15) is 12.9 Å². The van der Waals surface area contributed by atoms with Gasteiger partial charge in [0.15, 0.2) is 17.0 Å². The fraction of sp³-hybridized carbons (Fsp3) is 0.316. The van der Waals surface area contributed by atoms with Gasteiger partial charge in [-0.25, -0.2) is 9.97 Å². The SMILES string of the molecule is Cn1cnc2ncn(Cc3nc(C4CC(c5cccc(Cl)c5)C4)no3)c(=O)c21. The second-order valence-electron chi connectivity index (χ2n) is 7.17. The number of aryl methyl sites for hydroxylation is 1. The van der Waals surface area contributed by atoms with Crippen molar-refractivity contribution in [1.82, 2.24) is 29.2 Å². The molecule has 0 N–H and O–H groups in total. The molecule has 4 aromatic rings. The highest BCUT2D eigenvalue weighted by Gasteiger charge is 2.34. The minimum Gasteiger partial charge on any atom is -0.337 e. The lowest BCUT2D eigenvalue weighted by Gasteiger charge is -2.33. The van der Waals surface area contributed by atoms with Crippen molar-refractivity contribution in [3.63, 3.8) is 0 Å². The first-order valence-electron chi connectivity index (χ1n) is 9.03. The number of imidazole rings is 1.